The molecule has 124 valence electrons. The predicted molar refractivity (Wildman–Crippen MR) is 88.2 cm³/mol. The van der Waals surface area contributed by atoms with Crippen molar-refractivity contribution in [2.24, 2.45) is 11.8 Å². The van der Waals surface area contributed by atoms with E-state index in [1.54, 1.807) is 7.11 Å². The van der Waals surface area contributed by atoms with Gasteiger partial charge in [-0.05, 0) is 44.5 Å². The summed E-state index contributed by atoms with van der Waals surface area (Å²) < 4.78 is 5.11. The van der Waals surface area contributed by atoms with Crippen LogP contribution < -0.4 is 0 Å². The molecular weight excluding hydrogens is 300 g/mol. The van der Waals surface area contributed by atoms with Gasteiger partial charge >= 0.3 is 0 Å². The van der Waals surface area contributed by atoms with E-state index >= 15 is 0 Å². The van der Waals surface area contributed by atoms with Crippen LogP contribution in [-0.4, -0.2) is 68.3 Å². The zero-order chi connectivity index (χ0) is 16.1. The highest BCUT2D eigenvalue weighted by Gasteiger charge is 2.30. The van der Waals surface area contributed by atoms with E-state index in [1.165, 1.54) is 11.3 Å². The summed E-state index contributed by atoms with van der Waals surface area (Å²) in [5.74, 6) is 0.679. The minimum atomic E-state index is 0.0780. The van der Waals surface area contributed by atoms with Crippen molar-refractivity contribution < 1.29 is 14.6 Å². The number of amides is 1. The molecule has 0 bridgehead atoms. The van der Waals surface area contributed by atoms with Crippen molar-refractivity contribution in [1.29, 1.82) is 0 Å². The first kappa shape index (κ1) is 17.4. The maximum absolute atomic E-state index is 12.7. The number of carbonyl (C=O) groups is 1. The Morgan fingerprint density at radius 2 is 2.14 bits per heavy atom. The van der Waals surface area contributed by atoms with Gasteiger partial charge in [0, 0.05) is 38.2 Å². The van der Waals surface area contributed by atoms with Crippen molar-refractivity contribution in [3.8, 4) is 0 Å². The van der Waals surface area contributed by atoms with Crippen LogP contribution in [0.4, 0.5) is 0 Å². The molecule has 1 aliphatic rings. The average Bonchev–Trinajstić information content (AvgIpc) is 2.94. The molecule has 1 saturated heterocycles. The number of thiophene rings is 1. The summed E-state index contributed by atoms with van der Waals surface area (Å²) in [6, 6.07) is 3.83. The highest BCUT2D eigenvalue weighted by atomic mass is 32.1. The van der Waals surface area contributed by atoms with Gasteiger partial charge in [-0.3, -0.25) is 4.79 Å². The molecule has 1 aromatic heterocycles. The van der Waals surface area contributed by atoms with Crippen molar-refractivity contribution in [3.05, 3.63) is 21.9 Å². The second kappa shape index (κ2) is 8.06. The summed E-state index contributed by atoms with van der Waals surface area (Å²) in [4.78, 5) is 18.6. The van der Waals surface area contributed by atoms with E-state index in [4.69, 9.17) is 4.74 Å². The van der Waals surface area contributed by atoms with E-state index in [9.17, 15) is 9.90 Å². The van der Waals surface area contributed by atoms with Gasteiger partial charge in [-0.25, -0.2) is 0 Å². The number of aliphatic hydroxyl groups excluding tert-OH is 1. The van der Waals surface area contributed by atoms with Crippen molar-refractivity contribution in [3.63, 3.8) is 0 Å². The van der Waals surface area contributed by atoms with Gasteiger partial charge < -0.3 is 19.6 Å². The lowest BCUT2D eigenvalue weighted by molar-refractivity contribution is 0.0482. The lowest BCUT2D eigenvalue weighted by atomic mass is 9.89. The quantitative estimate of drug-likeness (QED) is 0.861. The van der Waals surface area contributed by atoms with Gasteiger partial charge in [0.25, 0.3) is 5.91 Å². The summed E-state index contributed by atoms with van der Waals surface area (Å²) in [6.45, 7) is 3.05. The number of rotatable bonds is 6. The molecule has 2 rings (SSSR count). The molecule has 2 atom stereocenters. The third-order valence-corrected chi connectivity index (χ3v) is 5.00. The highest BCUT2D eigenvalue weighted by molar-refractivity contribution is 7.14. The van der Waals surface area contributed by atoms with E-state index in [2.05, 4.69) is 4.90 Å². The first-order valence-electron chi connectivity index (χ1n) is 7.66. The molecule has 0 saturated carbocycles. The van der Waals surface area contributed by atoms with Gasteiger partial charge in [0.1, 0.15) is 0 Å². The standard InChI is InChI=1S/C16H26N2O3S/c1-17(2)7-12-6-13(10-19)9-18(8-12)16(20)15-5-4-14(22-15)11-21-3/h4-5,12-13,19H,6-11H2,1-3H3. The Morgan fingerprint density at radius 1 is 1.41 bits per heavy atom. The molecule has 0 aliphatic carbocycles. The SMILES string of the molecule is COCc1ccc(C(=O)N2CC(CO)CC(CN(C)C)C2)s1. The van der Waals surface area contributed by atoms with Crippen LogP contribution in [0.25, 0.3) is 0 Å². The number of likely N-dealkylation sites (tertiary alicyclic amines) is 1. The fourth-order valence-corrected chi connectivity index (χ4v) is 4.08. The van der Waals surface area contributed by atoms with Gasteiger partial charge in [-0.1, -0.05) is 0 Å². The first-order valence-corrected chi connectivity index (χ1v) is 8.47. The monoisotopic (exact) mass is 326 g/mol. The molecule has 0 radical (unpaired) electrons. The molecule has 2 unspecified atom stereocenters. The minimum absolute atomic E-state index is 0.0780. The van der Waals surface area contributed by atoms with E-state index < -0.39 is 0 Å². The summed E-state index contributed by atoms with van der Waals surface area (Å²) in [5, 5.41) is 9.52. The first-order chi connectivity index (χ1) is 10.5. The van der Waals surface area contributed by atoms with Crippen molar-refractivity contribution in [2.75, 3.05) is 47.4 Å². The van der Waals surface area contributed by atoms with Gasteiger partial charge in [-0.15, -0.1) is 11.3 Å². The van der Waals surface area contributed by atoms with Gasteiger partial charge in [0.2, 0.25) is 0 Å². The number of piperidine rings is 1. The van der Waals surface area contributed by atoms with E-state index in [0.29, 0.717) is 19.1 Å². The third-order valence-electron chi connectivity index (χ3n) is 3.95. The van der Waals surface area contributed by atoms with Gasteiger partial charge in [0.15, 0.2) is 0 Å². The number of carbonyl (C=O) groups excluding carboxylic acids is 1. The maximum Gasteiger partial charge on any atom is 0.263 e. The Kier molecular flexibility index (Phi) is 6.37. The molecule has 1 aliphatic heterocycles. The predicted octanol–water partition coefficient (Wildman–Crippen LogP) is 1.53. The van der Waals surface area contributed by atoms with Crippen LogP contribution in [0.15, 0.2) is 12.1 Å². The fourth-order valence-electron chi connectivity index (χ4n) is 3.13. The Bertz CT molecular complexity index is 489. The van der Waals surface area contributed by atoms with Crippen LogP contribution in [0.3, 0.4) is 0 Å². The Morgan fingerprint density at radius 3 is 2.77 bits per heavy atom. The van der Waals surface area contributed by atoms with Crippen LogP contribution >= 0.6 is 11.3 Å². The lowest BCUT2D eigenvalue weighted by Gasteiger charge is -2.38. The fraction of sp³-hybridized carbons (Fsp3) is 0.688. The van der Waals surface area contributed by atoms with E-state index in [1.807, 2.05) is 31.1 Å². The molecule has 1 amide bonds. The van der Waals surface area contributed by atoms with E-state index in [-0.39, 0.29) is 18.4 Å². The van der Waals surface area contributed by atoms with E-state index in [0.717, 1.165) is 29.3 Å². The van der Waals surface area contributed by atoms with Crippen molar-refractivity contribution >= 4 is 17.2 Å². The lowest BCUT2D eigenvalue weighted by Crippen LogP contribution is -2.47. The van der Waals surface area contributed by atoms with Crippen LogP contribution in [0, 0.1) is 11.8 Å². The van der Waals surface area contributed by atoms with Crippen LogP contribution in [-0.2, 0) is 11.3 Å². The van der Waals surface area contributed by atoms with Crippen LogP contribution in [0.2, 0.25) is 0 Å². The van der Waals surface area contributed by atoms with Crippen molar-refractivity contribution in [2.45, 2.75) is 13.0 Å². The van der Waals surface area contributed by atoms with Gasteiger partial charge in [-0.2, -0.15) is 0 Å². The number of ether oxygens (including phenoxy) is 1. The summed E-state index contributed by atoms with van der Waals surface area (Å²) >= 11 is 1.49. The molecule has 1 N–H and O–H groups in total. The molecule has 1 aromatic rings. The second-order valence-electron chi connectivity index (χ2n) is 6.32. The summed E-state index contributed by atoms with van der Waals surface area (Å²) in [7, 11) is 5.75. The average molecular weight is 326 g/mol. The van der Waals surface area contributed by atoms with Crippen molar-refractivity contribution in [1.82, 2.24) is 9.80 Å². The Balaban J connectivity index is 2.05. The second-order valence-corrected chi connectivity index (χ2v) is 7.49. The van der Waals surface area contributed by atoms with Crippen LogP contribution in [0.5, 0.6) is 0 Å². The van der Waals surface area contributed by atoms with Crippen LogP contribution in [0.1, 0.15) is 21.0 Å². The molecule has 22 heavy (non-hydrogen) atoms. The number of nitrogens with zero attached hydrogens (tertiary/aromatic N) is 2. The third kappa shape index (κ3) is 4.52. The smallest absolute Gasteiger partial charge is 0.263 e. The normalized spacial score (nSPS) is 22.3. The molecule has 5 nitrogen and oxygen atoms in total. The zero-order valence-corrected chi connectivity index (χ0v) is 14.4. The molecule has 1 fully saturated rings. The number of hydrogen-bond donors (Lipinski definition) is 1. The molecular formula is C16H26N2O3S. The number of aliphatic hydroxyl groups is 1. The Labute approximate surface area is 136 Å². The summed E-state index contributed by atoms with van der Waals surface area (Å²) in [6.07, 6.45) is 0.984. The zero-order valence-electron chi connectivity index (χ0n) is 13.6. The topological polar surface area (TPSA) is 53.0 Å². The molecule has 6 heteroatoms. The maximum atomic E-state index is 12.7. The molecule has 2 heterocycles. The Hall–Kier alpha value is -0.950. The largest absolute Gasteiger partial charge is 0.396 e. The molecule has 0 spiro atoms. The highest BCUT2D eigenvalue weighted by Crippen LogP contribution is 2.26. The minimum Gasteiger partial charge on any atom is -0.396 e. The molecule has 0 aromatic carbocycles. The number of hydrogen-bond acceptors (Lipinski definition) is 5. The summed E-state index contributed by atoms with van der Waals surface area (Å²) in [5.41, 5.74) is 0. The number of methoxy groups -OCH3 is 1. The van der Waals surface area contributed by atoms with Gasteiger partial charge in [0.05, 0.1) is 11.5 Å².